The summed E-state index contributed by atoms with van der Waals surface area (Å²) in [5.41, 5.74) is 1.88. The van der Waals surface area contributed by atoms with Crippen molar-refractivity contribution in [2.75, 3.05) is 13.7 Å². The lowest BCUT2D eigenvalue weighted by Gasteiger charge is -2.48. The van der Waals surface area contributed by atoms with Crippen LogP contribution in [0.4, 0.5) is 0 Å². The molecule has 4 heteroatoms. The van der Waals surface area contributed by atoms with Gasteiger partial charge in [-0.05, 0) is 62.4 Å². The summed E-state index contributed by atoms with van der Waals surface area (Å²) < 4.78 is 11.6. The van der Waals surface area contributed by atoms with E-state index in [-0.39, 0.29) is 6.04 Å². The number of fused-ring (bicyclic) bond motifs is 1. The first kappa shape index (κ1) is 18.3. The lowest BCUT2D eigenvalue weighted by atomic mass is 9.75. The van der Waals surface area contributed by atoms with Gasteiger partial charge in [0.15, 0.2) is 0 Å². The fourth-order valence-corrected chi connectivity index (χ4v) is 4.52. The summed E-state index contributed by atoms with van der Waals surface area (Å²) in [6, 6.07) is 16.2. The van der Waals surface area contributed by atoms with Gasteiger partial charge in [0.2, 0.25) is 0 Å². The molecule has 2 unspecified atom stereocenters. The van der Waals surface area contributed by atoms with Crippen molar-refractivity contribution in [1.29, 1.82) is 0 Å². The number of benzene rings is 2. The Bertz CT molecular complexity index is 752. The highest BCUT2D eigenvalue weighted by Gasteiger charge is 2.49. The number of rotatable bonds is 5. The minimum absolute atomic E-state index is 0.0914. The Morgan fingerprint density at radius 3 is 2.56 bits per heavy atom. The fourth-order valence-electron chi connectivity index (χ4n) is 4.52. The van der Waals surface area contributed by atoms with Gasteiger partial charge in [-0.25, -0.2) is 0 Å². The third-order valence-corrected chi connectivity index (χ3v) is 6.06. The van der Waals surface area contributed by atoms with E-state index in [0.717, 1.165) is 55.7 Å². The van der Waals surface area contributed by atoms with Crippen molar-refractivity contribution in [3.05, 3.63) is 59.7 Å². The molecule has 144 valence electrons. The molecule has 4 nitrogen and oxygen atoms in total. The second-order valence-corrected chi connectivity index (χ2v) is 7.74. The quantitative estimate of drug-likeness (QED) is 0.838. The largest absolute Gasteiger partial charge is 0.497 e. The summed E-state index contributed by atoms with van der Waals surface area (Å²) in [7, 11) is 1.68. The van der Waals surface area contributed by atoms with Gasteiger partial charge in [-0.15, -0.1) is 0 Å². The van der Waals surface area contributed by atoms with Crippen molar-refractivity contribution >= 4 is 0 Å². The van der Waals surface area contributed by atoms with Crippen LogP contribution in [0.15, 0.2) is 48.5 Å². The number of aliphatic hydroxyl groups is 1. The molecule has 1 heterocycles. The van der Waals surface area contributed by atoms with Crippen LogP contribution in [-0.2, 0) is 6.42 Å². The normalized spacial score (nSPS) is 23.5. The molecule has 0 aromatic heterocycles. The van der Waals surface area contributed by atoms with Crippen LogP contribution in [0.25, 0.3) is 0 Å². The first-order valence-corrected chi connectivity index (χ1v) is 10.0. The van der Waals surface area contributed by atoms with E-state index >= 15 is 0 Å². The molecule has 0 bridgehead atoms. The van der Waals surface area contributed by atoms with Crippen LogP contribution in [0.1, 0.15) is 49.3 Å². The first-order valence-electron chi connectivity index (χ1n) is 10.0. The Labute approximate surface area is 161 Å². The molecule has 1 fully saturated rings. The zero-order valence-corrected chi connectivity index (χ0v) is 16.0. The number of hydrogen-bond acceptors (Lipinski definition) is 4. The summed E-state index contributed by atoms with van der Waals surface area (Å²) in [6.07, 6.45) is 5.72. The van der Waals surface area contributed by atoms with E-state index < -0.39 is 11.7 Å². The standard InChI is InChI=1S/C23H29NO3/c1-26-18-11-9-17(10-12-18)13-16-24-21-19-7-3-4-8-20(19)27-23(22(21)25)14-5-2-6-15-23/h3-4,7-12,21-22,24-25H,2,5-6,13-16H2,1H3. The SMILES string of the molecule is COc1ccc(CCNC2c3ccccc3OC3(CCCCC3)C2O)cc1. The molecule has 27 heavy (non-hydrogen) atoms. The van der Waals surface area contributed by atoms with Crippen LogP contribution in [0.3, 0.4) is 0 Å². The van der Waals surface area contributed by atoms with Crippen LogP contribution < -0.4 is 14.8 Å². The topological polar surface area (TPSA) is 50.7 Å². The van der Waals surface area contributed by atoms with Crippen LogP contribution in [0, 0.1) is 0 Å². The highest BCUT2D eigenvalue weighted by Crippen LogP contribution is 2.46. The minimum Gasteiger partial charge on any atom is -0.497 e. The maximum atomic E-state index is 11.3. The second kappa shape index (κ2) is 7.91. The van der Waals surface area contributed by atoms with Crippen molar-refractivity contribution in [2.24, 2.45) is 0 Å². The maximum Gasteiger partial charge on any atom is 0.137 e. The van der Waals surface area contributed by atoms with Gasteiger partial charge in [0.25, 0.3) is 0 Å². The summed E-state index contributed by atoms with van der Waals surface area (Å²) in [5.74, 6) is 1.80. The average Bonchev–Trinajstić information content (AvgIpc) is 2.72. The number of aliphatic hydroxyl groups excluding tert-OH is 1. The lowest BCUT2D eigenvalue weighted by Crippen LogP contribution is -2.57. The summed E-state index contributed by atoms with van der Waals surface area (Å²) in [4.78, 5) is 0. The predicted molar refractivity (Wildman–Crippen MR) is 106 cm³/mol. The second-order valence-electron chi connectivity index (χ2n) is 7.74. The van der Waals surface area contributed by atoms with Gasteiger partial charge in [-0.2, -0.15) is 0 Å². The first-order chi connectivity index (χ1) is 13.2. The zero-order chi connectivity index (χ0) is 18.7. The molecule has 1 aliphatic heterocycles. The Morgan fingerprint density at radius 2 is 1.81 bits per heavy atom. The van der Waals surface area contributed by atoms with Gasteiger partial charge in [0, 0.05) is 5.56 Å². The smallest absolute Gasteiger partial charge is 0.137 e. The molecular formula is C23H29NO3. The van der Waals surface area contributed by atoms with Gasteiger partial charge in [-0.1, -0.05) is 36.8 Å². The summed E-state index contributed by atoms with van der Waals surface area (Å²) in [5, 5.41) is 14.9. The van der Waals surface area contributed by atoms with Gasteiger partial charge < -0.3 is 19.9 Å². The van der Waals surface area contributed by atoms with E-state index in [1.807, 2.05) is 30.3 Å². The summed E-state index contributed by atoms with van der Waals surface area (Å²) >= 11 is 0. The van der Waals surface area contributed by atoms with E-state index in [1.165, 1.54) is 12.0 Å². The van der Waals surface area contributed by atoms with Gasteiger partial charge in [0.1, 0.15) is 23.2 Å². The fraction of sp³-hybridized carbons (Fsp3) is 0.478. The van der Waals surface area contributed by atoms with E-state index in [1.54, 1.807) is 7.11 Å². The zero-order valence-electron chi connectivity index (χ0n) is 16.0. The predicted octanol–water partition coefficient (Wildman–Crippen LogP) is 4.02. The maximum absolute atomic E-state index is 11.3. The van der Waals surface area contributed by atoms with Crippen molar-refractivity contribution in [3.8, 4) is 11.5 Å². The highest BCUT2D eigenvalue weighted by atomic mass is 16.5. The van der Waals surface area contributed by atoms with Gasteiger partial charge >= 0.3 is 0 Å². The number of para-hydroxylation sites is 1. The van der Waals surface area contributed by atoms with Crippen LogP contribution in [0.2, 0.25) is 0 Å². The van der Waals surface area contributed by atoms with E-state index in [0.29, 0.717) is 0 Å². The lowest BCUT2D eigenvalue weighted by molar-refractivity contribution is -0.107. The van der Waals surface area contributed by atoms with Crippen molar-refractivity contribution in [1.82, 2.24) is 5.32 Å². The van der Waals surface area contributed by atoms with Crippen molar-refractivity contribution in [2.45, 2.75) is 56.3 Å². The number of methoxy groups -OCH3 is 1. The van der Waals surface area contributed by atoms with Crippen molar-refractivity contribution < 1.29 is 14.6 Å². The number of nitrogens with one attached hydrogen (secondary N) is 1. The molecule has 0 amide bonds. The van der Waals surface area contributed by atoms with Gasteiger partial charge in [0.05, 0.1) is 13.2 Å². The highest BCUT2D eigenvalue weighted by molar-refractivity contribution is 5.40. The monoisotopic (exact) mass is 367 g/mol. The Balaban J connectivity index is 1.49. The minimum atomic E-state index is -0.524. The third kappa shape index (κ3) is 3.69. The van der Waals surface area contributed by atoms with Crippen LogP contribution in [-0.4, -0.2) is 30.5 Å². The molecular weight excluding hydrogens is 338 g/mol. The molecule has 2 atom stereocenters. The molecule has 2 aromatic rings. The molecule has 0 radical (unpaired) electrons. The molecule has 1 aliphatic carbocycles. The molecule has 2 aliphatic rings. The molecule has 2 N–H and O–H groups in total. The molecule has 1 saturated carbocycles. The molecule has 2 aromatic carbocycles. The molecule has 1 spiro atoms. The van der Waals surface area contributed by atoms with E-state index in [2.05, 4.69) is 23.5 Å². The van der Waals surface area contributed by atoms with Gasteiger partial charge in [-0.3, -0.25) is 0 Å². The number of ether oxygens (including phenoxy) is 2. The summed E-state index contributed by atoms with van der Waals surface area (Å²) in [6.45, 7) is 0.804. The van der Waals surface area contributed by atoms with E-state index in [9.17, 15) is 5.11 Å². The average molecular weight is 367 g/mol. The Kier molecular flexibility index (Phi) is 5.37. The van der Waals surface area contributed by atoms with Crippen LogP contribution >= 0.6 is 0 Å². The third-order valence-electron chi connectivity index (χ3n) is 6.06. The molecule has 0 saturated heterocycles. The number of hydrogen-bond donors (Lipinski definition) is 2. The Morgan fingerprint density at radius 1 is 1.07 bits per heavy atom. The van der Waals surface area contributed by atoms with Crippen LogP contribution in [0.5, 0.6) is 11.5 Å². The van der Waals surface area contributed by atoms with Crippen molar-refractivity contribution in [3.63, 3.8) is 0 Å². The Hall–Kier alpha value is -2.04. The molecule has 4 rings (SSSR count). The van der Waals surface area contributed by atoms with E-state index in [4.69, 9.17) is 9.47 Å².